The van der Waals surface area contributed by atoms with Crippen LogP contribution < -0.4 is 49.8 Å². The van der Waals surface area contributed by atoms with Crippen molar-refractivity contribution in [3.05, 3.63) is 151 Å². The number of nitrogens with one attached hydrogen (secondary N) is 2. The maximum absolute atomic E-state index is 12.4. The van der Waals surface area contributed by atoms with E-state index < -0.39 is 32.5 Å². The van der Waals surface area contributed by atoms with Crippen molar-refractivity contribution in [1.29, 1.82) is 0 Å². The van der Waals surface area contributed by atoms with Crippen LogP contribution in [0, 0.1) is 10.1 Å². The van der Waals surface area contributed by atoms with Crippen LogP contribution in [0.15, 0.2) is 102 Å². The number of ether oxygens (including phenoxy) is 4. The van der Waals surface area contributed by atoms with Gasteiger partial charge in [-0.25, -0.2) is 0 Å². The van der Waals surface area contributed by atoms with Crippen molar-refractivity contribution in [1.82, 2.24) is 24.8 Å². The van der Waals surface area contributed by atoms with E-state index >= 15 is 0 Å². The van der Waals surface area contributed by atoms with Crippen molar-refractivity contribution >= 4 is 86.6 Å². The molecule has 8 rings (SSSR count). The van der Waals surface area contributed by atoms with Gasteiger partial charge in [-0.15, -0.1) is 0 Å². The summed E-state index contributed by atoms with van der Waals surface area (Å²) in [5, 5.41) is 23.8. The fourth-order valence-electron chi connectivity index (χ4n) is 8.28. The Kier molecular flexibility index (Phi) is 17.2. The second-order valence-electron chi connectivity index (χ2n) is 16.0. The van der Waals surface area contributed by atoms with Crippen LogP contribution in [0.25, 0.3) is 21.8 Å². The Balaban J connectivity index is 0.000000209. The van der Waals surface area contributed by atoms with Gasteiger partial charge in [0, 0.05) is 36.4 Å². The first-order valence-electron chi connectivity index (χ1n) is 22.9. The van der Waals surface area contributed by atoms with Crippen LogP contribution in [0.1, 0.15) is 76.2 Å². The third kappa shape index (κ3) is 11.9. The van der Waals surface area contributed by atoms with E-state index in [0.717, 1.165) is 62.2 Å². The molecular weight excluding hydrogens is 986 g/mol. The Bertz CT molecular complexity index is 3200. The summed E-state index contributed by atoms with van der Waals surface area (Å²) in [6.07, 6.45) is 7.51. The van der Waals surface area contributed by atoms with Crippen LogP contribution >= 0.6 is 11.3 Å². The molecule has 19 heteroatoms. The zero-order chi connectivity index (χ0) is 50.6. The molecule has 4 aromatic carbocycles. The van der Waals surface area contributed by atoms with Gasteiger partial charge in [0.1, 0.15) is 0 Å². The van der Waals surface area contributed by atoms with E-state index in [0.29, 0.717) is 70.6 Å². The van der Waals surface area contributed by atoms with Gasteiger partial charge in [-0.05, 0) is 65.9 Å². The molecule has 8 aromatic rings. The zero-order valence-electron chi connectivity index (χ0n) is 40.3. The number of pyridine rings is 2. The number of hydrogen-bond acceptors (Lipinski definition) is 14. The third-order valence-electron chi connectivity index (χ3n) is 11.6. The summed E-state index contributed by atoms with van der Waals surface area (Å²) in [7, 11) is 3.12. The Morgan fingerprint density at radius 1 is 0.775 bits per heavy atom. The zero-order valence-corrected chi connectivity index (χ0v) is 43.2. The van der Waals surface area contributed by atoms with Crippen LogP contribution in [0.3, 0.4) is 0 Å². The average molecular weight is 1040 g/mol. The standard InChI is InChI=1S/C28H32N4O3S.C24H24AsN5O5/c1-4-20-19(15-30-14-18-10-11-36-17-18)8-7-9-23(20)32-27-21-12-25(34-5-2)26(35-6-3)13-24(21)31-16-22(27)28(29)33;1-4-15-14(11-29-12-22(28-13-29)30(32)33)6-5-7-18(15)25-23-16-8-20(34-2)21(35-3)9-19(16)27-10-17(23)24(26)31/h7-13,16-17,30H,4-6,14-15H2,1-3H3,(H2,29,33)(H,31,32);5-10,12-13,25H,4,11H2,1-3H3,(H2,26,31). The summed E-state index contributed by atoms with van der Waals surface area (Å²) >= 11 is 0.665. The van der Waals surface area contributed by atoms with E-state index in [1.54, 1.807) is 36.2 Å². The molecule has 0 bridgehead atoms. The van der Waals surface area contributed by atoms with E-state index in [9.17, 15) is 19.7 Å². The fraction of sp³-hybridized carbons (Fsp3) is 0.250. The van der Waals surface area contributed by atoms with Crippen molar-refractivity contribution < 1.29 is 33.5 Å². The molecule has 71 heavy (non-hydrogen) atoms. The molecule has 368 valence electrons. The van der Waals surface area contributed by atoms with E-state index in [2.05, 4.69) is 68.4 Å². The number of imidazole rings is 1. The molecule has 0 aliphatic heterocycles. The van der Waals surface area contributed by atoms with Gasteiger partial charge in [-0.2, -0.15) is 11.3 Å². The summed E-state index contributed by atoms with van der Waals surface area (Å²) in [4.78, 5) is 48.0. The van der Waals surface area contributed by atoms with Crippen LogP contribution in [0.2, 0.25) is 0 Å². The number of nitro groups is 1. The van der Waals surface area contributed by atoms with E-state index in [4.69, 9.17) is 30.4 Å². The number of aromatic nitrogens is 4. The summed E-state index contributed by atoms with van der Waals surface area (Å²) in [5.74, 6) is 1.04. The Morgan fingerprint density at radius 2 is 1.41 bits per heavy atom. The van der Waals surface area contributed by atoms with Gasteiger partial charge in [-0.1, -0.05) is 19.1 Å². The van der Waals surface area contributed by atoms with Crippen LogP contribution in [0.4, 0.5) is 17.2 Å². The molecule has 0 saturated heterocycles. The van der Waals surface area contributed by atoms with Gasteiger partial charge in [0.2, 0.25) is 0 Å². The molecule has 4 aromatic heterocycles. The number of amides is 2. The van der Waals surface area contributed by atoms with Gasteiger partial charge in [0.15, 0.2) is 11.5 Å². The number of fused-ring (bicyclic) bond motifs is 2. The van der Waals surface area contributed by atoms with Gasteiger partial charge in [-0.3, -0.25) is 9.78 Å². The van der Waals surface area contributed by atoms with Gasteiger partial charge in [0.25, 0.3) is 5.91 Å². The third-order valence-corrected chi connectivity index (χ3v) is 15.5. The van der Waals surface area contributed by atoms with Gasteiger partial charge in [0.05, 0.1) is 30.0 Å². The number of primary amides is 2. The molecule has 0 spiro atoms. The molecular formula is C52H56AsN9O8S. The number of nitrogens with two attached hydrogens (primary N) is 2. The maximum atomic E-state index is 12.4. The predicted octanol–water partition coefficient (Wildman–Crippen LogP) is 7.24. The first-order chi connectivity index (χ1) is 34.4. The molecule has 0 aliphatic rings. The van der Waals surface area contributed by atoms with E-state index in [1.165, 1.54) is 41.6 Å². The topological polar surface area (TPSA) is 234 Å². The molecule has 0 aliphatic carbocycles. The van der Waals surface area contributed by atoms with Crippen LogP contribution in [-0.4, -0.2) is 79.4 Å². The SMILES string of the molecule is CCOc1cc2ncc(C(N)=O)c(Nc3cccc(CNCc4ccsc4)c3CC)c2cc1OCC.CCc1c(Cn2cnc([N+](=O)[O-])c2)cccc1[AsH]c1c(C(N)=O)cnc2cc(OC)c(OC)cc12. The second kappa shape index (κ2) is 23.9. The minimum atomic E-state index is -1.03. The number of carbonyl (C=O) groups is 2. The van der Waals surface area contributed by atoms with Gasteiger partial charge < -0.3 is 25.8 Å². The van der Waals surface area contributed by atoms with E-state index in [-0.39, 0.29) is 5.82 Å². The molecule has 1 unspecified atom stereocenters. The van der Waals surface area contributed by atoms with Crippen molar-refractivity contribution in [3.63, 3.8) is 0 Å². The summed E-state index contributed by atoms with van der Waals surface area (Å²) in [6.45, 7) is 11.0. The molecule has 6 N–H and O–H groups in total. The molecule has 1 atom stereocenters. The molecule has 4 heterocycles. The number of hydrogen-bond donors (Lipinski definition) is 4. The quantitative estimate of drug-likeness (QED) is 0.0316. The Morgan fingerprint density at radius 3 is 2.04 bits per heavy atom. The van der Waals surface area contributed by atoms with Crippen molar-refractivity contribution in [2.24, 2.45) is 11.5 Å². The molecule has 17 nitrogen and oxygen atoms in total. The molecule has 0 radical (unpaired) electrons. The van der Waals surface area contributed by atoms with Crippen LogP contribution in [0.5, 0.6) is 23.0 Å². The summed E-state index contributed by atoms with van der Waals surface area (Å²) in [5.41, 5.74) is 20.9. The molecule has 0 fully saturated rings. The number of benzene rings is 4. The van der Waals surface area contributed by atoms with Crippen molar-refractivity contribution in [3.8, 4) is 23.0 Å². The monoisotopic (exact) mass is 1040 g/mol. The first kappa shape index (κ1) is 51.3. The van der Waals surface area contributed by atoms with Crippen molar-refractivity contribution in [2.45, 2.75) is 60.2 Å². The van der Waals surface area contributed by atoms with Crippen LogP contribution in [-0.2, 0) is 32.5 Å². The Labute approximate surface area is 421 Å². The number of nitrogens with zero attached hydrogens (tertiary/aromatic N) is 5. The number of carbonyl (C=O) groups excluding carboxylic acids is 2. The fourth-order valence-corrected chi connectivity index (χ4v) is 12.3. The predicted molar refractivity (Wildman–Crippen MR) is 280 cm³/mol. The summed E-state index contributed by atoms with van der Waals surface area (Å²) < 4.78 is 26.2. The number of rotatable bonds is 21. The van der Waals surface area contributed by atoms with E-state index in [1.807, 2.05) is 56.3 Å². The second-order valence-corrected chi connectivity index (χ2v) is 19.5. The average Bonchev–Trinajstić information content (AvgIpc) is 4.07. The number of thiophene rings is 1. The van der Waals surface area contributed by atoms with Crippen molar-refractivity contribution in [2.75, 3.05) is 32.8 Å². The number of methoxy groups -OCH3 is 2. The first-order valence-corrected chi connectivity index (χ1v) is 26.0. The molecule has 0 saturated carbocycles. The Hall–Kier alpha value is -7.53. The summed E-state index contributed by atoms with van der Waals surface area (Å²) in [6, 6.07) is 21.7. The normalized spacial score (nSPS) is 11.1. The van der Waals surface area contributed by atoms with Gasteiger partial charge >= 0.3 is 208 Å². The molecule has 2 amide bonds. The minimum absolute atomic E-state index is 0.189. The number of anilines is 2.